The van der Waals surface area contributed by atoms with Gasteiger partial charge in [-0.15, -0.1) is 0 Å². The zero-order valence-corrected chi connectivity index (χ0v) is 17.3. The molecule has 0 fully saturated rings. The van der Waals surface area contributed by atoms with Gasteiger partial charge in [-0.05, 0) is 23.8 Å². The van der Waals surface area contributed by atoms with Crippen LogP contribution in [0.5, 0.6) is 11.5 Å². The van der Waals surface area contributed by atoms with Crippen LogP contribution < -0.4 is 26.1 Å². The number of esters is 1. The number of hydrogen-bond donors (Lipinski definition) is 1. The summed E-state index contributed by atoms with van der Waals surface area (Å²) in [6.45, 7) is 1.05. The fourth-order valence-electron chi connectivity index (χ4n) is 2.89. The van der Waals surface area contributed by atoms with Crippen molar-refractivity contribution >= 4 is 29.3 Å². The lowest BCUT2D eigenvalue weighted by atomic mass is 10.2. The van der Waals surface area contributed by atoms with Crippen LogP contribution >= 0.6 is 0 Å². The van der Waals surface area contributed by atoms with Crippen LogP contribution in [0.3, 0.4) is 0 Å². The number of methoxy groups -OCH3 is 1. The van der Waals surface area contributed by atoms with Gasteiger partial charge in [-0.25, -0.2) is 15.2 Å². The van der Waals surface area contributed by atoms with Crippen LogP contribution in [0.2, 0.25) is 0 Å². The molecule has 3 rings (SSSR count). The van der Waals surface area contributed by atoms with Crippen LogP contribution in [-0.4, -0.2) is 43.9 Å². The largest absolute Gasteiger partial charge is 0.493 e. The second-order valence-corrected chi connectivity index (χ2v) is 6.55. The number of aryl methyl sites for hydroxylation is 1. The number of carbonyl (C=O) groups is 2. The third-order valence-corrected chi connectivity index (χ3v) is 4.38. The highest BCUT2D eigenvalue weighted by molar-refractivity contribution is 5.84. The quantitative estimate of drug-likeness (QED) is 0.242. The van der Waals surface area contributed by atoms with Crippen LogP contribution in [0, 0.1) is 0 Å². The number of imidazole rings is 1. The maximum absolute atomic E-state index is 12.4. The minimum Gasteiger partial charge on any atom is -0.493 e. The van der Waals surface area contributed by atoms with Crippen molar-refractivity contribution in [3.05, 3.63) is 50.9 Å². The fraction of sp³-hybridized carbons (Fsp3) is 0.263. The lowest BCUT2D eigenvalue weighted by molar-refractivity contribution is -0.132. The van der Waals surface area contributed by atoms with Crippen LogP contribution in [0.1, 0.15) is 12.5 Å². The number of carbonyl (C=O) groups excluding carboxylic acids is 2. The second kappa shape index (κ2) is 8.65. The molecule has 0 radical (unpaired) electrons. The van der Waals surface area contributed by atoms with Crippen molar-refractivity contribution in [1.29, 1.82) is 0 Å². The molecule has 1 amide bonds. The zero-order chi connectivity index (χ0) is 22.7. The normalized spacial score (nSPS) is 11.1. The minimum atomic E-state index is -0.549. The predicted octanol–water partition coefficient (Wildman–Crippen LogP) is -0.482. The molecule has 1 N–H and O–H groups in total. The Balaban J connectivity index is 1.74. The summed E-state index contributed by atoms with van der Waals surface area (Å²) in [5, 5.41) is 3.88. The van der Waals surface area contributed by atoms with Crippen molar-refractivity contribution in [2.24, 2.45) is 19.2 Å². The summed E-state index contributed by atoms with van der Waals surface area (Å²) < 4.78 is 13.7. The first-order valence-electron chi connectivity index (χ1n) is 9.02. The molecule has 31 heavy (non-hydrogen) atoms. The third-order valence-electron chi connectivity index (χ3n) is 4.38. The fourth-order valence-corrected chi connectivity index (χ4v) is 2.89. The Morgan fingerprint density at radius 2 is 1.94 bits per heavy atom. The Hall–Kier alpha value is -4.22. The Morgan fingerprint density at radius 3 is 2.61 bits per heavy atom. The van der Waals surface area contributed by atoms with Crippen LogP contribution in [0.4, 0.5) is 0 Å². The molecular formula is C19H20N6O6. The van der Waals surface area contributed by atoms with Gasteiger partial charge in [0.15, 0.2) is 22.7 Å². The lowest BCUT2D eigenvalue weighted by Crippen LogP contribution is -2.38. The highest BCUT2D eigenvalue weighted by Gasteiger charge is 2.15. The van der Waals surface area contributed by atoms with E-state index >= 15 is 0 Å². The van der Waals surface area contributed by atoms with E-state index in [-0.39, 0.29) is 23.5 Å². The van der Waals surface area contributed by atoms with E-state index in [1.165, 1.54) is 49.8 Å². The van der Waals surface area contributed by atoms with Gasteiger partial charge in [0.2, 0.25) is 0 Å². The molecule has 0 unspecified atom stereocenters. The maximum Gasteiger partial charge on any atom is 0.332 e. The van der Waals surface area contributed by atoms with E-state index in [2.05, 4.69) is 15.5 Å². The van der Waals surface area contributed by atoms with E-state index in [4.69, 9.17) is 9.47 Å². The number of benzene rings is 1. The summed E-state index contributed by atoms with van der Waals surface area (Å²) in [5.74, 6) is -0.389. The molecule has 0 aliphatic carbocycles. The van der Waals surface area contributed by atoms with Gasteiger partial charge in [-0.1, -0.05) is 0 Å². The van der Waals surface area contributed by atoms with Gasteiger partial charge in [0.1, 0.15) is 6.54 Å². The molecule has 1 aromatic carbocycles. The zero-order valence-electron chi connectivity index (χ0n) is 17.3. The molecule has 0 bridgehead atoms. The van der Waals surface area contributed by atoms with E-state index in [9.17, 15) is 19.2 Å². The number of fused-ring (bicyclic) bond motifs is 1. The molecule has 12 nitrogen and oxygen atoms in total. The second-order valence-electron chi connectivity index (χ2n) is 6.55. The van der Waals surface area contributed by atoms with Gasteiger partial charge < -0.3 is 14.0 Å². The molecule has 0 atom stereocenters. The third kappa shape index (κ3) is 4.37. The number of nitrogens with zero attached hydrogens (tertiary/aromatic N) is 5. The average Bonchev–Trinajstić information content (AvgIpc) is 3.14. The average molecular weight is 428 g/mol. The van der Waals surface area contributed by atoms with E-state index in [0.29, 0.717) is 11.3 Å². The van der Waals surface area contributed by atoms with Crippen molar-refractivity contribution in [1.82, 2.24) is 24.1 Å². The Bertz CT molecular complexity index is 1320. The van der Waals surface area contributed by atoms with Gasteiger partial charge in [0.05, 0.1) is 19.7 Å². The van der Waals surface area contributed by atoms with Crippen LogP contribution in [0.15, 0.2) is 39.2 Å². The Morgan fingerprint density at radius 1 is 1.19 bits per heavy atom. The monoisotopic (exact) mass is 428 g/mol. The number of nitrogens with one attached hydrogen (secondary N) is 1. The van der Waals surface area contributed by atoms with E-state index in [1.807, 2.05) is 0 Å². The van der Waals surface area contributed by atoms with Gasteiger partial charge in [-0.2, -0.15) is 5.10 Å². The summed E-state index contributed by atoms with van der Waals surface area (Å²) in [6.07, 6.45) is 2.69. The topological polar surface area (TPSA) is 139 Å². The summed E-state index contributed by atoms with van der Waals surface area (Å²) in [7, 11) is 4.28. The predicted molar refractivity (Wildman–Crippen MR) is 110 cm³/mol. The van der Waals surface area contributed by atoms with Crippen molar-refractivity contribution in [3.8, 4) is 11.5 Å². The first-order chi connectivity index (χ1) is 14.7. The molecular weight excluding hydrogens is 408 g/mol. The standard InChI is InChI=1S/C19H20N6O6/c1-11(26)31-13-6-5-12(7-14(13)30-4)8-21-22-15(27)9-25-10-20-17-16(25)18(28)24(3)19(29)23(17)2/h5-8,10H,9H2,1-4H3,(H,22,27)/b21-8-. The molecule has 2 heterocycles. The summed E-state index contributed by atoms with van der Waals surface area (Å²) in [4.78, 5) is 51.8. The number of hydrazone groups is 1. The number of ether oxygens (including phenoxy) is 2. The number of aromatic nitrogens is 4. The number of amides is 1. The number of hydrogen-bond acceptors (Lipinski definition) is 8. The highest BCUT2D eigenvalue weighted by atomic mass is 16.6. The molecule has 2 aromatic heterocycles. The minimum absolute atomic E-state index is 0.134. The van der Waals surface area contributed by atoms with E-state index < -0.39 is 23.1 Å². The smallest absolute Gasteiger partial charge is 0.332 e. The first-order valence-corrected chi connectivity index (χ1v) is 9.02. The summed E-state index contributed by atoms with van der Waals surface area (Å²) in [5.41, 5.74) is 2.21. The van der Waals surface area contributed by atoms with E-state index in [1.54, 1.807) is 18.2 Å². The van der Waals surface area contributed by atoms with E-state index in [0.717, 1.165) is 4.57 Å². The molecule has 0 saturated heterocycles. The molecule has 0 aliphatic heterocycles. The van der Waals surface area contributed by atoms with Gasteiger partial charge in [0.25, 0.3) is 11.5 Å². The van der Waals surface area contributed by atoms with Crippen LogP contribution in [-0.2, 0) is 30.2 Å². The molecule has 0 saturated carbocycles. The molecule has 0 spiro atoms. The number of rotatable bonds is 6. The van der Waals surface area contributed by atoms with Crippen molar-refractivity contribution < 1.29 is 19.1 Å². The Labute approximate surface area is 175 Å². The van der Waals surface area contributed by atoms with Crippen molar-refractivity contribution in [2.75, 3.05) is 7.11 Å². The SMILES string of the molecule is COc1cc(/C=N\NC(=O)Cn2cnc3c2c(=O)n(C)c(=O)n3C)ccc1OC(C)=O. The molecule has 162 valence electrons. The summed E-state index contributed by atoms with van der Waals surface area (Å²) in [6, 6.07) is 4.76. The summed E-state index contributed by atoms with van der Waals surface area (Å²) >= 11 is 0. The van der Waals surface area contributed by atoms with Gasteiger partial charge in [-0.3, -0.25) is 23.5 Å². The van der Waals surface area contributed by atoms with Crippen molar-refractivity contribution in [3.63, 3.8) is 0 Å². The van der Waals surface area contributed by atoms with Gasteiger partial charge in [0, 0.05) is 21.0 Å². The van der Waals surface area contributed by atoms with Crippen molar-refractivity contribution in [2.45, 2.75) is 13.5 Å². The first kappa shape index (κ1) is 21.5. The molecule has 0 aliphatic rings. The highest BCUT2D eigenvalue weighted by Crippen LogP contribution is 2.27. The molecule has 12 heteroatoms. The lowest BCUT2D eigenvalue weighted by Gasteiger charge is -2.08. The Kier molecular flexibility index (Phi) is 6.00. The van der Waals surface area contributed by atoms with Gasteiger partial charge >= 0.3 is 11.7 Å². The molecule has 3 aromatic rings. The van der Waals surface area contributed by atoms with Crippen LogP contribution in [0.25, 0.3) is 11.2 Å². The maximum atomic E-state index is 12.4.